The largest absolute Gasteiger partial charge is 0.367 e. The molecule has 1 aliphatic carbocycles. The fourth-order valence-corrected chi connectivity index (χ4v) is 2.65. The minimum Gasteiger partial charge on any atom is -0.367 e. The van der Waals surface area contributed by atoms with Gasteiger partial charge in [-0.15, -0.1) is 0 Å². The normalized spacial score (nSPS) is 20.5. The Morgan fingerprint density at radius 1 is 1.36 bits per heavy atom. The lowest BCUT2D eigenvalue weighted by molar-refractivity contribution is 0.373. The summed E-state index contributed by atoms with van der Waals surface area (Å²) in [5, 5.41) is 17.7. The molecule has 2 aromatic rings. The van der Waals surface area contributed by atoms with E-state index < -0.39 is 0 Å². The summed E-state index contributed by atoms with van der Waals surface area (Å²) in [6.07, 6.45) is 3.73. The molecule has 22 heavy (non-hydrogen) atoms. The predicted molar refractivity (Wildman–Crippen MR) is 87.6 cm³/mol. The topological polar surface area (TPSA) is 99.6 Å². The summed E-state index contributed by atoms with van der Waals surface area (Å²) in [5.74, 6) is 1.54. The highest BCUT2D eigenvalue weighted by molar-refractivity contribution is 5.93. The van der Waals surface area contributed by atoms with E-state index in [1.165, 1.54) is 0 Å². The van der Waals surface area contributed by atoms with Crippen LogP contribution in [-0.2, 0) is 0 Å². The van der Waals surface area contributed by atoms with E-state index in [0.717, 1.165) is 35.2 Å². The molecular formula is C16H20N6. The van der Waals surface area contributed by atoms with Crippen molar-refractivity contribution in [2.45, 2.75) is 44.8 Å². The lowest BCUT2D eigenvalue weighted by atomic mass is 9.88. The number of nitrogens with two attached hydrogens (primary N) is 1. The van der Waals surface area contributed by atoms with Gasteiger partial charge in [0.1, 0.15) is 23.4 Å². The number of nitrogens with zero attached hydrogens (tertiary/aromatic N) is 3. The number of pyridine rings is 2. The summed E-state index contributed by atoms with van der Waals surface area (Å²) < 4.78 is 0. The summed E-state index contributed by atoms with van der Waals surface area (Å²) >= 11 is 0. The summed E-state index contributed by atoms with van der Waals surface area (Å²) in [4.78, 5) is 8.81. The minimum atomic E-state index is 0.235. The SMILES string of the molecule is CC(C)Nc1nc(C#N)cc2cnc(NC3CC(N)C3)cc12. The lowest BCUT2D eigenvalue weighted by Gasteiger charge is -2.33. The Morgan fingerprint density at radius 3 is 2.77 bits per heavy atom. The van der Waals surface area contributed by atoms with Crippen molar-refractivity contribution in [1.29, 1.82) is 5.26 Å². The molecule has 0 atom stereocenters. The third-order valence-corrected chi connectivity index (χ3v) is 3.78. The molecule has 2 heterocycles. The fraction of sp³-hybridized carbons (Fsp3) is 0.438. The van der Waals surface area contributed by atoms with Gasteiger partial charge in [0.2, 0.25) is 0 Å². The highest BCUT2D eigenvalue weighted by Gasteiger charge is 2.25. The van der Waals surface area contributed by atoms with Crippen LogP contribution in [0, 0.1) is 11.3 Å². The zero-order valence-electron chi connectivity index (χ0n) is 12.8. The van der Waals surface area contributed by atoms with Crippen molar-refractivity contribution in [1.82, 2.24) is 9.97 Å². The molecular weight excluding hydrogens is 276 g/mol. The smallest absolute Gasteiger partial charge is 0.143 e. The van der Waals surface area contributed by atoms with Crippen LogP contribution in [0.5, 0.6) is 0 Å². The van der Waals surface area contributed by atoms with E-state index in [1.54, 1.807) is 12.3 Å². The Hall–Kier alpha value is -2.39. The van der Waals surface area contributed by atoms with Crippen LogP contribution in [0.2, 0.25) is 0 Å². The lowest BCUT2D eigenvalue weighted by Crippen LogP contribution is -2.44. The van der Waals surface area contributed by atoms with Crippen molar-refractivity contribution < 1.29 is 0 Å². The first kappa shape index (κ1) is 14.5. The van der Waals surface area contributed by atoms with Crippen molar-refractivity contribution in [3.63, 3.8) is 0 Å². The summed E-state index contributed by atoms with van der Waals surface area (Å²) in [6, 6.07) is 6.77. The van der Waals surface area contributed by atoms with Crippen LogP contribution in [-0.4, -0.2) is 28.1 Å². The predicted octanol–water partition coefficient (Wildman–Crippen LogP) is 2.22. The van der Waals surface area contributed by atoms with Crippen LogP contribution in [0.25, 0.3) is 10.8 Å². The standard InChI is InChI=1S/C16H20N6/c1-9(2)20-16-14-6-15(21-12-4-11(18)5-12)19-8-10(14)3-13(7-17)22-16/h3,6,8-9,11-12H,4-5,18H2,1-2H3,(H,19,21)(H,20,22). The number of aromatic nitrogens is 2. The van der Waals surface area contributed by atoms with E-state index >= 15 is 0 Å². The van der Waals surface area contributed by atoms with Crippen LogP contribution >= 0.6 is 0 Å². The third-order valence-electron chi connectivity index (χ3n) is 3.78. The van der Waals surface area contributed by atoms with Crippen LogP contribution in [0.15, 0.2) is 18.3 Å². The van der Waals surface area contributed by atoms with Crippen molar-refractivity contribution in [3.8, 4) is 6.07 Å². The van der Waals surface area contributed by atoms with E-state index in [0.29, 0.717) is 17.8 Å². The zero-order chi connectivity index (χ0) is 15.7. The van der Waals surface area contributed by atoms with Gasteiger partial charge >= 0.3 is 0 Å². The van der Waals surface area contributed by atoms with E-state index in [4.69, 9.17) is 11.0 Å². The average molecular weight is 296 g/mol. The molecule has 114 valence electrons. The van der Waals surface area contributed by atoms with Gasteiger partial charge in [-0.3, -0.25) is 0 Å². The summed E-state index contributed by atoms with van der Waals surface area (Å²) in [7, 11) is 0. The zero-order valence-corrected chi connectivity index (χ0v) is 12.8. The first-order valence-corrected chi connectivity index (χ1v) is 7.54. The number of nitrogens with one attached hydrogen (secondary N) is 2. The monoisotopic (exact) mass is 296 g/mol. The molecule has 6 heteroatoms. The molecule has 0 aromatic carbocycles. The molecule has 6 nitrogen and oxygen atoms in total. The van der Waals surface area contributed by atoms with Gasteiger partial charge in [0.05, 0.1) is 0 Å². The highest BCUT2D eigenvalue weighted by atomic mass is 15.0. The number of fused-ring (bicyclic) bond motifs is 1. The van der Waals surface area contributed by atoms with Gasteiger partial charge in [-0.25, -0.2) is 9.97 Å². The number of hydrogen-bond donors (Lipinski definition) is 3. The Balaban J connectivity index is 1.96. The van der Waals surface area contributed by atoms with E-state index in [2.05, 4.69) is 26.7 Å². The minimum absolute atomic E-state index is 0.235. The van der Waals surface area contributed by atoms with Gasteiger partial charge in [-0.2, -0.15) is 5.26 Å². The molecule has 4 N–H and O–H groups in total. The van der Waals surface area contributed by atoms with Crippen molar-refractivity contribution >= 4 is 22.4 Å². The summed E-state index contributed by atoms with van der Waals surface area (Å²) in [6.45, 7) is 4.09. The second-order valence-corrected chi connectivity index (χ2v) is 6.13. The van der Waals surface area contributed by atoms with Gasteiger partial charge in [-0.1, -0.05) is 0 Å². The Kier molecular flexibility index (Phi) is 3.82. The Bertz CT molecular complexity index is 727. The second-order valence-electron chi connectivity index (χ2n) is 6.13. The van der Waals surface area contributed by atoms with Gasteiger partial charge in [0.25, 0.3) is 0 Å². The molecule has 1 saturated carbocycles. The number of anilines is 2. The van der Waals surface area contributed by atoms with Crippen LogP contribution < -0.4 is 16.4 Å². The van der Waals surface area contributed by atoms with Crippen molar-refractivity contribution in [2.75, 3.05) is 10.6 Å². The van der Waals surface area contributed by atoms with E-state index in [-0.39, 0.29) is 6.04 Å². The van der Waals surface area contributed by atoms with Gasteiger partial charge in [0, 0.05) is 35.1 Å². The maximum Gasteiger partial charge on any atom is 0.143 e. The molecule has 0 spiro atoms. The molecule has 0 bridgehead atoms. The van der Waals surface area contributed by atoms with Crippen LogP contribution in [0.3, 0.4) is 0 Å². The maximum absolute atomic E-state index is 9.11. The molecule has 0 radical (unpaired) electrons. The molecule has 1 aliphatic rings. The Labute approximate surface area is 129 Å². The second kappa shape index (κ2) is 5.78. The van der Waals surface area contributed by atoms with Crippen molar-refractivity contribution in [3.05, 3.63) is 24.0 Å². The number of hydrogen-bond acceptors (Lipinski definition) is 6. The Morgan fingerprint density at radius 2 is 2.14 bits per heavy atom. The number of nitriles is 1. The molecule has 3 rings (SSSR count). The van der Waals surface area contributed by atoms with Gasteiger partial charge in [-0.05, 0) is 38.8 Å². The molecule has 0 saturated heterocycles. The molecule has 0 unspecified atom stereocenters. The van der Waals surface area contributed by atoms with Gasteiger partial charge in [0.15, 0.2) is 0 Å². The molecule has 0 aliphatic heterocycles. The average Bonchev–Trinajstić information content (AvgIpc) is 2.45. The molecule has 2 aromatic heterocycles. The van der Waals surface area contributed by atoms with Crippen LogP contribution in [0.1, 0.15) is 32.4 Å². The van der Waals surface area contributed by atoms with Crippen LogP contribution in [0.4, 0.5) is 11.6 Å². The fourth-order valence-electron chi connectivity index (χ4n) is 2.65. The molecule has 0 amide bonds. The van der Waals surface area contributed by atoms with Gasteiger partial charge < -0.3 is 16.4 Å². The van der Waals surface area contributed by atoms with E-state index in [9.17, 15) is 0 Å². The summed E-state index contributed by atoms with van der Waals surface area (Å²) in [5.41, 5.74) is 6.20. The maximum atomic E-state index is 9.11. The third kappa shape index (κ3) is 2.95. The number of rotatable bonds is 4. The first-order chi connectivity index (χ1) is 10.5. The molecule has 1 fully saturated rings. The highest BCUT2D eigenvalue weighted by Crippen LogP contribution is 2.27. The van der Waals surface area contributed by atoms with Crippen molar-refractivity contribution in [2.24, 2.45) is 5.73 Å². The first-order valence-electron chi connectivity index (χ1n) is 7.54. The quantitative estimate of drug-likeness (QED) is 0.800. The van der Waals surface area contributed by atoms with E-state index in [1.807, 2.05) is 19.9 Å².